The van der Waals surface area contributed by atoms with E-state index < -0.39 is 24.5 Å². The number of fused-ring (bicyclic) bond motifs is 1. The van der Waals surface area contributed by atoms with Crippen molar-refractivity contribution in [3.8, 4) is 0 Å². The predicted molar refractivity (Wildman–Crippen MR) is 78.9 cm³/mol. The fourth-order valence-electron chi connectivity index (χ4n) is 2.44. The van der Waals surface area contributed by atoms with Crippen LogP contribution in [0, 0.1) is 0 Å². The number of aliphatic hydroxyl groups is 2. The fraction of sp³-hybridized carbons (Fsp3) is 0.583. The second-order valence-corrected chi connectivity index (χ2v) is 5.30. The number of aliphatic hydroxyl groups excluding tert-OH is 2. The monoisotopic (exact) mass is 311 g/mol. The van der Waals surface area contributed by atoms with E-state index >= 15 is 0 Å². The molecule has 2 aromatic rings. The number of hydrogen-bond acceptors (Lipinski definition) is 8. The molecule has 0 bridgehead atoms. The molecule has 0 aromatic carbocycles. The Morgan fingerprint density at radius 2 is 2.14 bits per heavy atom. The molecule has 21 heavy (non-hydrogen) atoms. The summed E-state index contributed by atoms with van der Waals surface area (Å²) in [4.78, 5) is 12.7. The number of hydrogen-bond donors (Lipinski definition) is 4. The van der Waals surface area contributed by atoms with Crippen LogP contribution in [0.15, 0.2) is 6.33 Å². The zero-order valence-corrected chi connectivity index (χ0v) is 12.3. The molecule has 0 spiro atoms. The normalized spacial score (nSPS) is 29.3. The number of nitrogens with zero attached hydrogens (tertiary/aromatic N) is 4. The van der Waals surface area contributed by atoms with Gasteiger partial charge in [0, 0.05) is 12.2 Å². The molecule has 9 heteroatoms. The minimum Gasteiger partial charge on any atom is -0.387 e. The Morgan fingerprint density at radius 3 is 2.76 bits per heavy atom. The lowest BCUT2D eigenvalue weighted by molar-refractivity contribution is -0.0288. The quantitative estimate of drug-likeness (QED) is 0.565. The van der Waals surface area contributed by atoms with Gasteiger partial charge in [-0.15, -0.1) is 0 Å². The molecule has 1 fully saturated rings. The number of ether oxygens (including phenoxy) is 1. The van der Waals surface area contributed by atoms with Gasteiger partial charge in [-0.1, -0.05) is 6.92 Å². The highest BCUT2D eigenvalue weighted by Gasteiger charge is 2.43. The average Bonchev–Trinajstić information content (AvgIpc) is 3.02. The number of aryl methyl sites for hydroxylation is 1. The summed E-state index contributed by atoms with van der Waals surface area (Å²) >= 11 is 4.11. The SMILES string of the molecule is CCc1nc(N)c2ncn([C@@H]3O[C@H](CS)[C@@H](O)[C@H]3O)c2n1. The fourth-order valence-corrected chi connectivity index (χ4v) is 2.74. The van der Waals surface area contributed by atoms with Gasteiger partial charge < -0.3 is 20.7 Å². The number of anilines is 1. The van der Waals surface area contributed by atoms with E-state index in [1.165, 1.54) is 6.33 Å². The van der Waals surface area contributed by atoms with E-state index in [9.17, 15) is 10.2 Å². The summed E-state index contributed by atoms with van der Waals surface area (Å²) in [5.41, 5.74) is 6.80. The summed E-state index contributed by atoms with van der Waals surface area (Å²) in [6.45, 7) is 1.92. The summed E-state index contributed by atoms with van der Waals surface area (Å²) in [6.07, 6.45) is -1.30. The summed E-state index contributed by atoms with van der Waals surface area (Å²) in [5.74, 6) is 1.17. The number of imidazole rings is 1. The van der Waals surface area contributed by atoms with Crippen LogP contribution in [0.2, 0.25) is 0 Å². The van der Waals surface area contributed by atoms with E-state index in [0.717, 1.165) is 0 Å². The number of aromatic nitrogens is 4. The third-order valence-electron chi connectivity index (χ3n) is 3.60. The van der Waals surface area contributed by atoms with E-state index in [1.54, 1.807) is 4.57 Å². The highest BCUT2D eigenvalue weighted by molar-refractivity contribution is 7.80. The molecule has 3 heterocycles. The van der Waals surface area contributed by atoms with Crippen LogP contribution in [0.4, 0.5) is 5.82 Å². The maximum absolute atomic E-state index is 10.2. The van der Waals surface area contributed by atoms with Crippen LogP contribution in [-0.4, -0.2) is 53.8 Å². The molecule has 4 N–H and O–H groups in total. The van der Waals surface area contributed by atoms with Crippen LogP contribution in [0.25, 0.3) is 11.2 Å². The zero-order valence-electron chi connectivity index (χ0n) is 11.4. The molecule has 0 unspecified atom stereocenters. The predicted octanol–water partition coefficient (Wildman–Crippen LogP) is -0.480. The molecule has 1 saturated heterocycles. The third kappa shape index (κ3) is 2.26. The first kappa shape index (κ1) is 14.5. The highest BCUT2D eigenvalue weighted by Crippen LogP contribution is 2.32. The lowest BCUT2D eigenvalue weighted by Crippen LogP contribution is -2.32. The van der Waals surface area contributed by atoms with Crippen LogP contribution in [0.3, 0.4) is 0 Å². The van der Waals surface area contributed by atoms with Gasteiger partial charge in [0.1, 0.15) is 23.5 Å². The van der Waals surface area contributed by atoms with E-state index in [-0.39, 0.29) is 5.82 Å². The summed E-state index contributed by atoms with van der Waals surface area (Å²) in [5, 5.41) is 20.1. The molecular formula is C12H17N5O3S. The maximum atomic E-state index is 10.2. The van der Waals surface area contributed by atoms with Gasteiger partial charge in [0.05, 0.1) is 12.4 Å². The number of thiol groups is 1. The topological polar surface area (TPSA) is 119 Å². The maximum Gasteiger partial charge on any atom is 0.167 e. The van der Waals surface area contributed by atoms with Crippen molar-refractivity contribution in [3.05, 3.63) is 12.2 Å². The molecule has 114 valence electrons. The Bertz CT molecular complexity index is 664. The van der Waals surface area contributed by atoms with Crippen molar-refractivity contribution in [2.45, 2.75) is 37.9 Å². The molecule has 2 aromatic heterocycles. The van der Waals surface area contributed by atoms with E-state index in [2.05, 4.69) is 27.6 Å². The average molecular weight is 311 g/mol. The van der Waals surface area contributed by atoms with Gasteiger partial charge in [-0.3, -0.25) is 4.57 Å². The van der Waals surface area contributed by atoms with Crippen LogP contribution in [0.1, 0.15) is 19.0 Å². The van der Waals surface area contributed by atoms with Crippen molar-refractivity contribution in [2.24, 2.45) is 0 Å². The van der Waals surface area contributed by atoms with Gasteiger partial charge in [0.2, 0.25) is 0 Å². The van der Waals surface area contributed by atoms with Crippen LogP contribution < -0.4 is 5.73 Å². The Labute approximate surface area is 126 Å². The molecule has 3 rings (SSSR count). The van der Waals surface area contributed by atoms with Crippen molar-refractivity contribution in [2.75, 3.05) is 11.5 Å². The first-order valence-electron chi connectivity index (χ1n) is 6.68. The van der Waals surface area contributed by atoms with E-state index in [4.69, 9.17) is 10.5 Å². The molecule has 4 atom stereocenters. The third-order valence-corrected chi connectivity index (χ3v) is 3.96. The first-order valence-corrected chi connectivity index (χ1v) is 7.31. The molecule has 0 saturated carbocycles. The number of rotatable bonds is 3. The smallest absolute Gasteiger partial charge is 0.167 e. The van der Waals surface area contributed by atoms with Crippen LogP contribution in [-0.2, 0) is 11.2 Å². The molecular weight excluding hydrogens is 294 g/mol. The van der Waals surface area contributed by atoms with Gasteiger partial charge in [-0.2, -0.15) is 12.6 Å². The minimum atomic E-state index is -1.08. The second kappa shape index (κ2) is 5.41. The standard InChI is InChI=1S/C12H17N5O3S/c1-2-6-15-10(13)7-11(16-6)17(4-14-7)12-9(19)8(18)5(3-21)20-12/h4-5,8-9,12,18-19,21H,2-3H2,1H3,(H2,13,15,16)/t5-,8-,9-,12-/m1/s1. The van der Waals surface area contributed by atoms with Crippen molar-refractivity contribution in [3.63, 3.8) is 0 Å². The van der Waals surface area contributed by atoms with Crippen molar-refractivity contribution >= 4 is 29.6 Å². The highest BCUT2D eigenvalue weighted by atomic mass is 32.1. The Morgan fingerprint density at radius 1 is 1.38 bits per heavy atom. The van der Waals surface area contributed by atoms with Crippen LogP contribution in [0.5, 0.6) is 0 Å². The lowest BCUT2D eigenvalue weighted by atomic mass is 10.1. The summed E-state index contributed by atoms with van der Waals surface area (Å²) in [6, 6.07) is 0. The van der Waals surface area contributed by atoms with Gasteiger partial charge in [-0.25, -0.2) is 15.0 Å². The molecule has 1 aliphatic heterocycles. The van der Waals surface area contributed by atoms with Crippen LogP contribution >= 0.6 is 12.6 Å². The Hall–Kier alpha value is -1.42. The molecule has 8 nitrogen and oxygen atoms in total. The molecule has 0 radical (unpaired) electrons. The van der Waals surface area contributed by atoms with Crippen molar-refractivity contribution in [1.29, 1.82) is 0 Å². The first-order chi connectivity index (χ1) is 10.1. The Kier molecular flexibility index (Phi) is 3.74. The van der Waals surface area contributed by atoms with E-state index in [1.807, 2.05) is 6.92 Å². The minimum absolute atomic E-state index is 0.286. The lowest BCUT2D eigenvalue weighted by Gasteiger charge is -2.16. The largest absolute Gasteiger partial charge is 0.387 e. The van der Waals surface area contributed by atoms with Gasteiger partial charge in [-0.05, 0) is 0 Å². The molecule has 0 amide bonds. The summed E-state index contributed by atoms with van der Waals surface area (Å²) in [7, 11) is 0. The number of nitrogen functional groups attached to an aromatic ring is 1. The molecule has 0 aliphatic carbocycles. The Balaban J connectivity index is 2.07. The zero-order chi connectivity index (χ0) is 15.1. The van der Waals surface area contributed by atoms with Crippen molar-refractivity contribution < 1.29 is 14.9 Å². The van der Waals surface area contributed by atoms with E-state index in [0.29, 0.717) is 29.2 Å². The number of nitrogens with two attached hydrogens (primary N) is 1. The van der Waals surface area contributed by atoms with Crippen molar-refractivity contribution in [1.82, 2.24) is 19.5 Å². The molecule has 1 aliphatic rings. The van der Waals surface area contributed by atoms with Gasteiger partial charge in [0.25, 0.3) is 0 Å². The summed E-state index contributed by atoms with van der Waals surface area (Å²) < 4.78 is 7.22. The van der Waals surface area contributed by atoms with Gasteiger partial charge >= 0.3 is 0 Å². The van der Waals surface area contributed by atoms with Gasteiger partial charge in [0.15, 0.2) is 17.7 Å². The second-order valence-electron chi connectivity index (χ2n) is 4.93.